The quantitative estimate of drug-likeness (QED) is 0.361. The lowest BCUT2D eigenvalue weighted by atomic mass is 9.82. The van der Waals surface area contributed by atoms with Crippen LogP contribution in [0.1, 0.15) is 34.7 Å². The first kappa shape index (κ1) is 26.6. The lowest BCUT2D eigenvalue weighted by Crippen LogP contribution is -2.58. The van der Waals surface area contributed by atoms with Gasteiger partial charge in [0, 0.05) is 25.6 Å². The summed E-state index contributed by atoms with van der Waals surface area (Å²) in [6.45, 7) is 0.976. The van der Waals surface area contributed by atoms with Crippen molar-refractivity contribution >= 4 is 0 Å². The van der Waals surface area contributed by atoms with Gasteiger partial charge in [0.1, 0.15) is 22.9 Å². The van der Waals surface area contributed by atoms with Crippen molar-refractivity contribution in [3.8, 4) is 5.75 Å². The fourth-order valence-corrected chi connectivity index (χ4v) is 5.54. The summed E-state index contributed by atoms with van der Waals surface area (Å²) in [5.41, 5.74) is -0.981. The molecule has 2 aliphatic heterocycles. The highest BCUT2D eigenvalue weighted by Crippen LogP contribution is 2.50. The number of methoxy groups -OCH3 is 2. The van der Waals surface area contributed by atoms with Crippen molar-refractivity contribution in [2.45, 2.75) is 36.5 Å². The topological polar surface area (TPSA) is 40.2 Å². The first-order valence-corrected chi connectivity index (χ1v) is 12.3. The van der Waals surface area contributed by atoms with Gasteiger partial charge in [-0.2, -0.15) is 13.2 Å². The van der Waals surface area contributed by atoms with Crippen molar-refractivity contribution in [3.05, 3.63) is 101 Å². The molecule has 9 heteroatoms. The van der Waals surface area contributed by atoms with Crippen LogP contribution in [-0.4, -0.2) is 44.7 Å². The van der Waals surface area contributed by atoms with Crippen molar-refractivity contribution in [2.24, 2.45) is 0 Å². The molecule has 2 saturated heterocycles. The normalized spacial score (nSPS) is 26.1. The van der Waals surface area contributed by atoms with E-state index in [1.165, 1.54) is 32.4 Å². The van der Waals surface area contributed by atoms with Crippen LogP contribution in [0.5, 0.6) is 5.75 Å². The summed E-state index contributed by atoms with van der Waals surface area (Å²) in [5.74, 6) is -0.0729. The molecule has 38 heavy (non-hydrogen) atoms. The number of nitrogens with zero attached hydrogens (tertiary/aromatic N) is 1. The van der Waals surface area contributed by atoms with Gasteiger partial charge < -0.3 is 18.9 Å². The lowest BCUT2D eigenvalue weighted by Gasteiger charge is -2.49. The Morgan fingerprint density at radius 2 is 1.71 bits per heavy atom. The van der Waals surface area contributed by atoms with Crippen LogP contribution >= 0.6 is 0 Å². The average Bonchev–Trinajstić information content (AvgIpc) is 3.25. The average molecular weight is 532 g/mol. The molecule has 202 valence electrons. The van der Waals surface area contributed by atoms with Gasteiger partial charge in [0.25, 0.3) is 0 Å². The molecule has 2 fully saturated rings. The third-order valence-electron chi connectivity index (χ3n) is 7.49. The minimum Gasteiger partial charge on any atom is -0.496 e. The standard InChI is InChI=1S/C29H29F4NO4/c1-35-26-13-10-22(29(31,32)33)14-24(26)27(36-2)17-28(19-37-18-27)34(15-20-6-4-3-5-7-20)25(16-38-28)21-8-11-23(30)12-9-21/h3-14,25H,15-19H2,1-2H3/t25-,27+,28?/m1/s1. The minimum atomic E-state index is -4.54. The summed E-state index contributed by atoms with van der Waals surface area (Å²) in [4.78, 5) is 2.14. The van der Waals surface area contributed by atoms with Gasteiger partial charge >= 0.3 is 6.18 Å². The third-order valence-corrected chi connectivity index (χ3v) is 7.49. The second-order valence-electron chi connectivity index (χ2n) is 9.72. The van der Waals surface area contributed by atoms with Gasteiger partial charge in [0.15, 0.2) is 0 Å². The van der Waals surface area contributed by atoms with E-state index < -0.39 is 23.1 Å². The maximum atomic E-state index is 13.7. The molecule has 0 bridgehead atoms. The number of hydrogen-bond donors (Lipinski definition) is 0. The van der Waals surface area contributed by atoms with E-state index >= 15 is 0 Å². The third kappa shape index (κ3) is 4.91. The second-order valence-corrected chi connectivity index (χ2v) is 9.72. The molecule has 0 saturated carbocycles. The van der Waals surface area contributed by atoms with Crippen molar-refractivity contribution in [1.29, 1.82) is 0 Å². The Morgan fingerprint density at radius 3 is 2.37 bits per heavy atom. The Hall–Kier alpha value is -2.98. The number of alkyl halides is 3. The van der Waals surface area contributed by atoms with Gasteiger partial charge in [-0.05, 0) is 41.5 Å². The van der Waals surface area contributed by atoms with Crippen molar-refractivity contribution in [3.63, 3.8) is 0 Å². The summed E-state index contributed by atoms with van der Waals surface area (Å²) in [7, 11) is 2.86. The Bertz CT molecular complexity index is 1250. The highest BCUT2D eigenvalue weighted by molar-refractivity contribution is 5.43. The van der Waals surface area contributed by atoms with Crippen molar-refractivity contribution in [1.82, 2.24) is 4.90 Å². The van der Waals surface area contributed by atoms with E-state index in [-0.39, 0.29) is 42.8 Å². The van der Waals surface area contributed by atoms with E-state index in [1.54, 1.807) is 12.1 Å². The van der Waals surface area contributed by atoms with E-state index in [1.807, 2.05) is 30.3 Å². The van der Waals surface area contributed by atoms with Crippen LogP contribution in [-0.2, 0) is 32.5 Å². The zero-order valence-corrected chi connectivity index (χ0v) is 21.1. The zero-order valence-electron chi connectivity index (χ0n) is 21.1. The molecule has 5 nitrogen and oxygen atoms in total. The molecule has 0 N–H and O–H groups in total. The molecule has 3 atom stereocenters. The zero-order chi connectivity index (χ0) is 27.0. The minimum absolute atomic E-state index is 0.0205. The fourth-order valence-electron chi connectivity index (χ4n) is 5.54. The number of halogens is 4. The van der Waals surface area contributed by atoms with Gasteiger partial charge in [-0.1, -0.05) is 42.5 Å². The predicted molar refractivity (Wildman–Crippen MR) is 132 cm³/mol. The molecular weight excluding hydrogens is 502 g/mol. The molecule has 2 aliphatic rings. The molecule has 1 unspecified atom stereocenters. The number of benzene rings is 3. The monoisotopic (exact) mass is 531 g/mol. The summed E-state index contributed by atoms with van der Waals surface area (Å²) >= 11 is 0. The van der Waals surface area contributed by atoms with E-state index in [0.717, 1.165) is 23.3 Å². The highest BCUT2D eigenvalue weighted by Gasteiger charge is 2.57. The molecule has 0 aliphatic carbocycles. The number of ether oxygens (including phenoxy) is 4. The molecule has 0 aromatic heterocycles. The molecule has 3 aromatic rings. The summed E-state index contributed by atoms with van der Waals surface area (Å²) in [5, 5.41) is 0. The molecule has 5 rings (SSSR count). The summed E-state index contributed by atoms with van der Waals surface area (Å²) < 4.78 is 78.8. The fraction of sp³-hybridized carbons (Fsp3) is 0.379. The maximum Gasteiger partial charge on any atom is 0.416 e. The maximum absolute atomic E-state index is 13.7. The van der Waals surface area contributed by atoms with E-state index in [0.29, 0.717) is 13.2 Å². The Labute approximate surface area is 218 Å². The van der Waals surface area contributed by atoms with Crippen LogP contribution in [0.15, 0.2) is 72.8 Å². The van der Waals surface area contributed by atoms with Crippen LogP contribution in [0.3, 0.4) is 0 Å². The second kappa shape index (κ2) is 10.3. The van der Waals surface area contributed by atoms with Gasteiger partial charge in [-0.15, -0.1) is 0 Å². The van der Waals surface area contributed by atoms with Gasteiger partial charge in [-0.3, -0.25) is 4.90 Å². The Morgan fingerprint density at radius 1 is 0.974 bits per heavy atom. The predicted octanol–water partition coefficient (Wildman–Crippen LogP) is 6.09. The summed E-state index contributed by atoms with van der Waals surface area (Å²) in [6, 6.07) is 19.2. The molecule has 2 heterocycles. The van der Waals surface area contributed by atoms with Crippen LogP contribution in [0, 0.1) is 5.82 Å². The van der Waals surface area contributed by atoms with Gasteiger partial charge in [-0.25, -0.2) is 4.39 Å². The van der Waals surface area contributed by atoms with Crippen molar-refractivity contribution < 1.29 is 36.5 Å². The molecule has 3 aromatic carbocycles. The Kier molecular flexibility index (Phi) is 7.21. The SMILES string of the molecule is COc1ccc(C(F)(F)F)cc1[C@@]1(OC)COCC2(C1)OC[C@H](c1ccc(F)cc1)N2Cc1ccccc1. The van der Waals surface area contributed by atoms with Gasteiger partial charge in [0.05, 0.1) is 38.5 Å². The van der Waals surface area contributed by atoms with Crippen molar-refractivity contribution in [2.75, 3.05) is 34.0 Å². The van der Waals surface area contributed by atoms with Gasteiger partial charge in [0.2, 0.25) is 0 Å². The van der Waals surface area contributed by atoms with Crippen LogP contribution in [0.25, 0.3) is 0 Å². The largest absolute Gasteiger partial charge is 0.496 e. The lowest BCUT2D eigenvalue weighted by molar-refractivity contribution is -0.239. The van der Waals surface area contributed by atoms with Crippen LogP contribution in [0.2, 0.25) is 0 Å². The smallest absolute Gasteiger partial charge is 0.416 e. The Balaban J connectivity index is 1.58. The molecule has 0 amide bonds. The molecule has 1 spiro atoms. The number of hydrogen-bond acceptors (Lipinski definition) is 5. The molecule has 0 radical (unpaired) electrons. The highest BCUT2D eigenvalue weighted by atomic mass is 19.4. The van der Waals surface area contributed by atoms with Crippen LogP contribution in [0.4, 0.5) is 17.6 Å². The molecular formula is C29H29F4NO4. The van der Waals surface area contributed by atoms with E-state index in [9.17, 15) is 17.6 Å². The first-order chi connectivity index (χ1) is 18.2. The van der Waals surface area contributed by atoms with Crippen LogP contribution < -0.4 is 4.74 Å². The summed E-state index contributed by atoms with van der Waals surface area (Å²) in [6.07, 6.45) is -4.35. The van der Waals surface area contributed by atoms with E-state index in [2.05, 4.69) is 4.90 Å². The number of rotatable bonds is 6. The van der Waals surface area contributed by atoms with E-state index in [4.69, 9.17) is 18.9 Å². The first-order valence-electron chi connectivity index (χ1n) is 12.3.